The van der Waals surface area contributed by atoms with E-state index in [9.17, 15) is 0 Å². The number of benzene rings is 2. The van der Waals surface area contributed by atoms with Gasteiger partial charge in [-0.05, 0) is 54.5 Å². The topological polar surface area (TPSA) is 12.0 Å². The van der Waals surface area contributed by atoms with Gasteiger partial charge in [-0.1, -0.05) is 54.9 Å². The van der Waals surface area contributed by atoms with Crippen molar-refractivity contribution in [1.82, 2.24) is 5.32 Å². The molecule has 0 aromatic heterocycles. The lowest BCUT2D eigenvalue weighted by atomic mass is 9.80. The van der Waals surface area contributed by atoms with Crippen LogP contribution in [0, 0.1) is 0 Å². The summed E-state index contributed by atoms with van der Waals surface area (Å²) in [4.78, 5) is 0. The Kier molecular flexibility index (Phi) is 4.32. The van der Waals surface area contributed by atoms with Gasteiger partial charge in [-0.3, -0.25) is 0 Å². The van der Waals surface area contributed by atoms with E-state index in [1.165, 1.54) is 29.5 Å². The van der Waals surface area contributed by atoms with Crippen molar-refractivity contribution in [2.75, 3.05) is 0 Å². The lowest BCUT2D eigenvalue weighted by Gasteiger charge is -2.32. The maximum absolute atomic E-state index is 5.97. The fraction of sp³-hybridized carbons (Fsp3) is 0.368. The molecular formula is C19H22ClN. The van der Waals surface area contributed by atoms with Crippen molar-refractivity contribution >= 4 is 11.6 Å². The van der Waals surface area contributed by atoms with Gasteiger partial charge in [0, 0.05) is 17.1 Å². The van der Waals surface area contributed by atoms with Crippen LogP contribution in [-0.2, 0) is 0 Å². The van der Waals surface area contributed by atoms with E-state index in [1.807, 2.05) is 12.1 Å². The van der Waals surface area contributed by atoms with Crippen molar-refractivity contribution in [3.8, 4) is 0 Å². The van der Waals surface area contributed by atoms with Crippen LogP contribution < -0.4 is 5.32 Å². The average molecular weight is 300 g/mol. The summed E-state index contributed by atoms with van der Waals surface area (Å²) in [5.41, 5.74) is 4.26. The number of nitrogens with one attached hydrogen (secondary N) is 1. The van der Waals surface area contributed by atoms with Crippen LogP contribution in [0.2, 0.25) is 5.02 Å². The summed E-state index contributed by atoms with van der Waals surface area (Å²) in [6.07, 6.45) is 2.46. The van der Waals surface area contributed by atoms with Crippen molar-refractivity contribution in [2.45, 2.75) is 44.7 Å². The first-order valence-electron chi connectivity index (χ1n) is 7.75. The van der Waals surface area contributed by atoms with Crippen LogP contribution in [0.4, 0.5) is 0 Å². The highest BCUT2D eigenvalue weighted by Crippen LogP contribution is 2.38. The molecule has 2 aromatic carbocycles. The average Bonchev–Trinajstić information content (AvgIpc) is 2.51. The van der Waals surface area contributed by atoms with Gasteiger partial charge in [0.25, 0.3) is 0 Å². The lowest BCUT2D eigenvalue weighted by Crippen LogP contribution is -2.28. The Balaban J connectivity index is 1.79. The molecular weight excluding hydrogens is 278 g/mol. The van der Waals surface area contributed by atoms with Crippen LogP contribution in [0.25, 0.3) is 0 Å². The van der Waals surface area contributed by atoms with Gasteiger partial charge >= 0.3 is 0 Å². The number of halogens is 1. The zero-order chi connectivity index (χ0) is 14.8. The van der Waals surface area contributed by atoms with Crippen LogP contribution >= 0.6 is 11.6 Å². The minimum absolute atomic E-state index is 0.328. The second-order valence-electron chi connectivity index (χ2n) is 6.10. The quantitative estimate of drug-likeness (QED) is 0.774. The molecule has 21 heavy (non-hydrogen) atoms. The summed E-state index contributed by atoms with van der Waals surface area (Å²) in [7, 11) is 0. The third kappa shape index (κ3) is 3.14. The van der Waals surface area contributed by atoms with Gasteiger partial charge in [0.2, 0.25) is 0 Å². The van der Waals surface area contributed by atoms with Gasteiger partial charge in [-0.15, -0.1) is 0 Å². The van der Waals surface area contributed by atoms with Gasteiger partial charge in [0.05, 0.1) is 0 Å². The van der Waals surface area contributed by atoms with Gasteiger partial charge < -0.3 is 5.32 Å². The Morgan fingerprint density at radius 2 is 1.67 bits per heavy atom. The summed E-state index contributed by atoms with van der Waals surface area (Å²) in [6, 6.07) is 17.8. The predicted molar refractivity (Wildman–Crippen MR) is 89.8 cm³/mol. The van der Waals surface area contributed by atoms with E-state index in [-0.39, 0.29) is 0 Å². The molecule has 1 aliphatic carbocycles. The summed E-state index contributed by atoms with van der Waals surface area (Å²) in [6.45, 7) is 4.56. The zero-order valence-corrected chi connectivity index (χ0v) is 13.4. The molecule has 3 atom stereocenters. The molecule has 3 rings (SSSR count). The normalized spacial score (nSPS) is 22.6. The Bertz CT molecular complexity index is 605. The molecule has 0 amide bonds. The summed E-state index contributed by atoms with van der Waals surface area (Å²) in [5, 5.41) is 4.58. The Morgan fingerprint density at radius 1 is 1.00 bits per heavy atom. The van der Waals surface area contributed by atoms with Crippen LogP contribution in [-0.4, -0.2) is 0 Å². The second kappa shape index (κ2) is 6.21. The largest absolute Gasteiger partial charge is 0.303 e. The monoisotopic (exact) mass is 299 g/mol. The molecule has 1 nitrogen and oxygen atoms in total. The standard InChI is InChI=1S/C19H22ClN/c1-13-7-12-19(18-6-4-3-5-17(13)18)21-14(2)15-8-10-16(20)11-9-15/h3-6,8-11,13-14,19,21H,7,12H2,1-2H3/t13?,14-,19?/m1/s1. The van der Waals surface area contributed by atoms with Gasteiger partial charge in [0.1, 0.15) is 0 Å². The number of rotatable bonds is 3. The van der Waals surface area contributed by atoms with Crippen LogP contribution in [0.1, 0.15) is 61.4 Å². The Morgan fingerprint density at radius 3 is 2.38 bits per heavy atom. The molecule has 2 heteroatoms. The van der Waals surface area contributed by atoms with E-state index >= 15 is 0 Å². The van der Waals surface area contributed by atoms with Gasteiger partial charge in [-0.2, -0.15) is 0 Å². The van der Waals surface area contributed by atoms with Crippen molar-refractivity contribution in [3.05, 3.63) is 70.2 Å². The molecule has 0 saturated carbocycles. The molecule has 110 valence electrons. The first kappa shape index (κ1) is 14.6. The maximum atomic E-state index is 5.97. The zero-order valence-electron chi connectivity index (χ0n) is 12.6. The van der Waals surface area contributed by atoms with Crippen molar-refractivity contribution < 1.29 is 0 Å². The third-order valence-electron chi connectivity index (χ3n) is 4.61. The molecule has 1 aliphatic rings. The van der Waals surface area contributed by atoms with Gasteiger partial charge in [-0.25, -0.2) is 0 Å². The first-order valence-corrected chi connectivity index (χ1v) is 8.13. The lowest BCUT2D eigenvalue weighted by molar-refractivity contribution is 0.396. The molecule has 0 fully saturated rings. The minimum Gasteiger partial charge on any atom is -0.303 e. The molecule has 0 aliphatic heterocycles. The maximum Gasteiger partial charge on any atom is 0.0406 e. The van der Waals surface area contributed by atoms with Crippen molar-refractivity contribution in [3.63, 3.8) is 0 Å². The SMILES string of the molecule is CC1CCC(N[C@H](C)c2ccc(Cl)cc2)c2ccccc21. The molecule has 0 bridgehead atoms. The number of hydrogen-bond donors (Lipinski definition) is 1. The molecule has 0 saturated heterocycles. The van der Waals surface area contributed by atoms with E-state index in [4.69, 9.17) is 11.6 Å². The second-order valence-corrected chi connectivity index (χ2v) is 6.54. The fourth-order valence-corrected chi connectivity index (χ4v) is 3.45. The summed E-state index contributed by atoms with van der Waals surface area (Å²) in [5.74, 6) is 0.671. The first-order chi connectivity index (χ1) is 10.1. The fourth-order valence-electron chi connectivity index (χ4n) is 3.33. The molecule has 0 radical (unpaired) electrons. The van der Waals surface area contributed by atoms with E-state index < -0.39 is 0 Å². The van der Waals surface area contributed by atoms with Crippen LogP contribution in [0.5, 0.6) is 0 Å². The molecule has 0 heterocycles. The molecule has 1 N–H and O–H groups in total. The molecule has 2 unspecified atom stereocenters. The van der Waals surface area contributed by atoms with E-state index in [0.29, 0.717) is 18.0 Å². The smallest absolute Gasteiger partial charge is 0.0406 e. The van der Waals surface area contributed by atoms with Gasteiger partial charge in [0.15, 0.2) is 0 Å². The van der Waals surface area contributed by atoms with E-state index in [1.54, 1.807) is 0 Å². The number of hydrogen-bond acceptors (Lipinski definition) is 1. The Hall–Kier alpha value is -1.31. The highest BCUT2D eigenvalue weighted by atomic mass is 35.5. The highest BCUT2D eigenvalue weighted by Gasteiger charge is 2.25. The molecule has 2 aromatic rings. The van der Waals surface area contributed by atoms with Crippen LogP contribution in [0.3, 0.4) is 0 Å². The summed E-state index contributed by atoms with van der Waals surface area (Å²) < 4.78 is 0. The van der Waals surface area contributed by atoms with E-state index in [0.717, 1.165) is 5.02 Å². The van der Waals surface area contributed by atoms with Crippen LogP contribution in [0.15, 0.2) is 48.5 Å². The van der Waals surface area contributed by atoms with Crippen molar-refractivity contribution in [2.24, 2.45) is 0 Å². The summed E-state index contributed by atoms with van der Waals surface area (Å²) >= 11 is 5.97. The Labute approximate surface area is 132 Å². The minimum atomic E-state index is 0.328. The predicted octanol–water partition coefficient (Wildman–Crippen LogP) is 5.63. The number of fused-ring (bicyclic) bond motifs is 1. The molecule has 0 spiro atoms. The highest BCUT2D eigenvalue weighted by molar-refractivity contribution is 6.30. The van der Waals surface area contributed by atoms with E-state index in [2.05, 4.69) is 55.6 Å². The van der Waals surface area contributed by atoms with Crippen molar-refractivity contribution in [1.29, 1.82) is 0 Å². The third-order valence-corrected chi connectivity index (χ3v) is 4.86.